The lowest BCUT2D eigenvalue weighted by molar-refractivity contribution is -0.115. The van der Waals surface area contributed by atoms with Crippen LogP contribution in [0.2, 0.25) is 0 Å². The zero-order valence-corrected chi connectivity index (χ0v) is 22.4. The van der Waals surface area contributed by atoms with Crippen molar-refractivity contribution in [1.29, 1.82) is 0 Å². The summed E-state index contributed by atoms with van der Waals surface area (Å²) in [6.45, 7) is 12.1. The van der Waals surface area contributed by atoms with Crippen molar-refractivity contribution in [2.45, 2.75) is 71.0 Å². The van der Waals surface area contributed by atoms with E-state index in [-0.39, 0.29) is 23.2 Å². The van der Waals surface area contributed by atoms with Crippen LogP contribution < -0.4 is 10.6 Å². The fourth-order valence-electron chi connectivity index (χ4n) is 4.15. The summed E-state index contributed by atoms with van der Waals surface area (Å²) in [5.74, 6) is -0.156. The molecule has 0 bridgehead atoms. The lowest BCUT2D eigenvalue weighted by Gasteiger charge is -2.33. The minimum Gasteiger partial charge on any atom is -0.462 e. The summed E-state index contributed by atoms with van der Waals surface area (Å²) < 4.78 is 5.35. The van der Waals surface area contributed by atoms with E-state index in [1.54, 1.807) is 6.92 Å². The third kappa shape index (κ3) is 6.42. The molecule has 0 saturated heterocycles. The third-order valence-electron chi connectivity index (χ3n) is 6.04. The van der Waals surface area contributed by atoms with Crippen molar-refractivity contribution >= 4 is 51.6 Å². The van der Waals surface area contributed by atoms with E-state index in [4.69, 9.17) is 4.74 Å². The molecule has 0 spiro atoms. The van der Waals surface area contributed by atoms with Crippen molar-refractivity contribution in [3.05, 3.63) is 40.3 Å². The number of rotatable bonds is 7. The zero-order valence-electron chi connectivity index (χ0n) is 20.7. The number of thiophene rings is 1. The molecule has 1 aliphatic rings. The smallest absolute Gasteiger partial charge is 0.341 e. The van der Waals surface area contributed by atoms with E-state index in [1.165, 1.54) is 34.9 Å². The van der Waals surface area contributed by atoms with Gasteiger partial charge >= 0.3 is 5.97 Å². The van der Waals surface area contributed by atoms with E-state index in [0.29, 0.717) is 28.8 Å². The van der Waals surface area contributed by atoms with Crippen LogP contribution in [0, 0.1) is 11.3 Å². The number of nitrogens with one attached hydrogen (secondary N) is 2. The fraction of sp³-hybridized carbons (Fsp3) is 0.500. The minimum absolute atomic E-state index is 0.144. The van der Waals surface area contributed by atoms with Gasteiger partial charge in [-0.25, -0.2) is 4.79 Å². The SMILES string of the molecule is CCOC(=O)c1c(NC(=O)C(C)Sc2cccc(NC(C)=O)c2)sc2c1CCC(C(C)(C)C)C2. The summed E-state index contributed by atoms with van der Waals surface area (Å²) in [7, 11) is 0. The van der Waals surface area contributed by atoms with Gasteiger partial charge in [0.05, 0.1) is 17.4 Å². The van der Waals surface area contributed by atoms with Crippen molar-refractivity contribution in [3.8, 4) is 0 Å². The van der Waals surface area contributed by atoms with E-state index in [1.807, 2.05) is 31.2 Å². The van der Waals surface area contributed by atoms with E-state index in [9.17, 15) is 14.4 Å². The normalized spacial score (nSPS) is 16.4. The molecule has 0 aliphatic heterocycles. The number of thioether (sulfide) groups is 1. The van der Waals surface area contributed by atoms with E-state index in [0.717, 1.165) is 29.7 Å². The van der Waals surface area contributed by atoms with Gasteiger partial charge in [0.1, 0.15) is 5.00 Å². The molecule has 1 aliphatic carbocycles. The number of carbonyl (C=O) groups excluding carboxylic acids is 3. The molecule has 1 aromatic heterocycles. The van der Waals surface area contributed by atoms with Gasteiger partial charge in [-0.2, -0.15) is 0 Å². The monoisotopic (exact) mass is 502 g/mol. The van der Waals surface area contributed by atoms with Crippen LogP contribution in [0.25, 0.3) is 0 Å². The summed E-state index contributed by atoms with van der Waals surface area (Å²) in [6, 6.07) is 7.40. The number of benzene rings is 1. The predicted molar refractivity (Wildman–Crippen MR) is 140 cm³/mol. The highest BCUT2D eigenvalue weighted by atomic mass is 32.2. The van der Waals surface area contributed by atoms with Crippen LogP contribution >= 0.6 is 23.1 Å². The first-order valence-corrected chi connectivity index (χ1v) is 13.4. The number of esters is 1. The maximum absolute atomic E-state index is 13.1. The molecule has 2 atom stereocenters. The Kier molecular flexibility index (Phi) is 8.47. The van der Waals surface area contributed by atoms with Gasteiger partial charge in [0.15, 0.2) is 0 Å². The number of carbonyl (C=O) groups is 3. The second-order valence-corrected chi connectivity index (χ2v) is 12.2. The number of ether oxygens (including phenoxy) is 1. The van der Waals surface area contributed by atoms with E-state index >= 15 is 0 Å². The van der Waals surface area contributed by atoms with Crippen LogP contribution in [0.5, 0.6) is 0 Å². The molecule has 0 fully saturated rings. The van der Waals surface area contributed by atoms with Gasteiger partial charge in [-0.05, 0) is 68.2 Å². The minimum atomic E-state index is -0.399. The lowest BCUT2D eigenvalue weighted by Crippen LogP contribution is -2.27. The van der Waals surface area contributed by atoms with Gasteiger partial charge in [0, 0.05) is 22.4 Å². The Bertz CT molecular complexity index is 1070. The van der Waals surface area contributed by atoms with Crippen LogP contribution in [0.15, 0.2) is 29.2 Å². The first-order valence-electron chi connectivity index (χ1n) is 11.7. The average molecular weight is 503 g/mol. The maximum Gasteiger partial charge on any atom is 0.341 e. The van der Waals surface area contributed by atoms with Gasteiger partial charge in [-0.3, -0.25) is 9.59 Å². The molecule has 1 aromatic carbocycles. The van der Waals surface area contributed by atoms with Crippen LogP contribution in [0.1, 0.15) is 68.8 Å². The van der Waals surface area contributed by atoms with Crippen LogP contribution in [0.3, 0.4) is 0 Å². The third-order valence-corrected chi connectivity index (χ3v) is 8.31. The molecule has 6 nitrogen and oxygen atoms in total. The van der Waals surface area contributed by atoms with Crippen molar-refractivity contribution in [2.75, 3.05) is 17.2 Å². The van der Waals surface area contributed by atoms with Gasteiger partial charge in [-0.1, -0.05) is 26.8 Å². The molecule has 1 heterocycles. The quantitative estimate of drug-likeness (QED) is 0.350. The van der Waals surface area contributed by atoms with Crippen molar-refractivity contribution in [3.63, 3.8) is 0 Å². The highest BCUT2D eigenvalue weighted by Gasteiger charge is 2.34. The fourth-order valence-corrected chi connectivity index (χ4v) is 6.40. The Morgan fingerprint density at radius 2 is 1.97 bits per heavy atom. The van der Waals surface area contributed by atoms with E-state index < -0.39 is 5.25 Å². The molecule has 2 N–H and O–H groups in total. The van der Waals surface area contributed by atoms with Gasteiger partial charge in [-0.15, -0.1) is 23.1 Å². The molecule has 184 valence electrons. The highest BCUT2D eigenvalue weighted by molar-refractivity contribution is 8.00. The van der Waals surface area contributed by atoms with Crippen molar-refractivity contribution in [2.24, 2.45) is 11.3 Å². The largest absolute Gasteiger partial charge is 0.462 e. The average Bonchev–Trinajstić information content (AvgIpc) is 3.10. The second-order valence-electron chi connectivity index (χ2n) is 9.69. The Hall–Kier alpha value is -2.32. The highest BCUT2D eigenvalue weighted by Crippen LogP contribution is 2.44. The van der Waals surface area contributed by atoms with Gasteiger partial charge < -0.3 is 15.4 Å². The molecule has 8 heteroatoms. The second kappa shape index (κ2) is 11.0. The maximum atomic E-state index is 13.1. The molecule has 34 heavy (non-hydrogen) atoms. The molecule has 2 unspecified atom stereocenters. The summed E-state index contributed by atoms with van der Waals surface area (Å²) in [4.78, 5) is 39.3. The van der Waals surface area contributed by atoms with Crippen LogP contribution in [-0.4, -0.2) is 29.6 Å². The lowest BCUT2D eigenvalue weighted by atomic mass is 9.72. The summed E-state index contributed by atoms with van der Waals surface area (Å²) in [5.41, 5.74) is 2.43. The molecule has 2 amide bonds. The van der Waals surface area contributed by atoms with E-state index in [2.05, 4.69) is 31.4 Å². The first kappa shape index (κ1) is 26.3. The molecule has 3 rings (SSSR count). The van der Waals surface area contributed by atoms with Crippen LogP contribution in [0.4, 0.5) is 10.7 Å². The summed E-state index contributed by atoms with van der Waals surface area (Å²) in [5, 5.41) is 5.96. The molecular weight excluding hydrogens is 468 g/mol. The Morgan fingerprint density at radius 1 is 1.24 bits per heavy atom. The van der Waals surface area contributed by atoms with Gasteiger partial charge in [0.2, 0.25) is 11.8 Å². The molecule has 0 saturated carbocycles. The first-order chi connectivity index (χ1) is 16.0. The molecule has 0 radical (unpaired) electrons. The zero-order chi connectivity index (χ0) is 25.0. The topological polar surface area (TPSA) is 84.5 Å². The van der Waals surface area contributed by atoms with Crippen LogP contribution in [-0.2, 0) is 27.2 Å². The number of amides is 2. The van der Waals surface area contributed by atoms with Crippen molar-refractivity contribution < 1.29 is 19.1 Å². The molecular formula is C26H34N2O4S2. The standard InChI is InChI=1S/C26H34N2O4S2/c1-7-32-25(31)22-20-12-11-17(26(4,5)6)13-21(20)34-24(22)28-23(30)15(2)33-19-10-8-9-18(14-19)27-16(3)29/h8-10,14-15,17H,7,11-13H2,1-6H3,(H,27,29)(H,28,30). The Morgan fingerprint density at radius 3 is 2.62 bits per heavy atom. The predicted octanol–water partition coefficient (Wildman–Crippen LogP) is 6.15. The number of fused-ring (bicyclic) bond motifs is 1. The Labute approximate surface area is 210 Å². The van der Waals surface area contributed by atoms with Crippen molar-refractivity contribution in [1.82, 2.24) is 0 Å². The Balaban J connectivity index is 1.80. The number of anilines is 2. The summed E-state index contributed by atoms with van der Waals surface area (Å²) >= 11 is 2.91. The summed E-state index contributed by atoms with van der Waals surface area (Å²) in [6.07, 6.45) is 2.74. The molecule has 2 aromatic rings. The number of hydrogen-bond acceptors (Lipinski definition) is 6. The number of hydrogen-bond donors (Lipinski definition) is 2. The van der Waals surface area contributed by atoms with Gasteiger partial charge in [0.25, 0.3) is 0 Å².